The molecule has 0 saturated carbocycles. The Morgan fingerprint density at radius 3 is 2.59 bits per heavy atom. The molecule has 0 bridgehead atoms. The summed E-state index contributed by atoms with van der Waals surface area (Å²) in [6.45, 7) is 5.34. The minimum absolute atomic E-state index is 0. The topological polar surface area (TPSA) is 37.7 Å². The molecule has 29 heavy (non-hydrogen) atoms. The number of aryl methyl sites for hydroxylation is 2. The van der Waals surface area contributed by atoms with E-state index < -0.39 is 0 Å². The van der Waals surface area contributed by atoms with Gasteiger partial charge in [-0.2, -0.15) is 0 Å². The standard InChI is InChI=1S/C22H27N3O2S.ClH/c1-23-19-10-9-17(16-21(19)28-22(23)26)6-5-11-24-12-14-25(15-13-24)18-7-3-4-8-20(18)27-2;/h3-4,7-10,16H,5-6,11-15H2,1-2H3;1H. The first-order valence-electron chi connectivity index (χ1n) is 9.84. The first kappa shape index (κ1) is 21.7. The van der Waals surface area contributed by atoms with Gasteiger partial charge in [-0.15, -0.1) is 12.4 Å². The van der Waals surface area contributed by atoms with Gasteiger partial charge in [0, 0.05) is 33.2 Å². The number of ether oxygens (including phenoxy) is 1. The van der Waals surface area contributed by atoms with Gasteiger partial charge in [0.05, 0.1) is 23.0 Å². The molecular weight excluding hydrogens is 406 g/mol. The number of halogens is 1. The Labute approximate surface area is 181 Å². The van der Waals surface area contributed by atoms with E-state index in [0.29, 0.717) is 0 Å². The number of aromatic nitrogens is 1. The van der Waals surface area contributed by atoms with Crippen LogP contribution in [0.3, 0.4) is 0 Å². The molecule has 0 unspecified atom stereocenters. The summed E-state index contributed by atoms with van der Waals surface area (Å²) in [7, 11) is 3.58. The van der Waals surface area contributed by atoms with Crippen LogP contribution in [0.5, 0.6) is 5.75 Å². The summed E-state index contributed by atoms with van der Waals surface area (Å²) in [5, 5.41) is 0. The van der Waals surface area contributed by atoms with Gasteiger partial charge in [0.1, 0.15) is 5.75 Å². The van der Waals surface area contributed by atoms with Gasteiger partial charge in [-0.05, 0) is 49.2 Å². The summed E-state index contributed by atoms with van der Waals surface area (Å²) >= 11 is 1.34. The van der Waals surface area contributed by atoms with Crippen LogP contribution in [-0.4, -0.2) is 49.3 Å². The Morgan fingerprint density at radius 2 is 1.83 bits per heavy atom. The largest absolute Gasteiger partial charge is 0.495 e. The number of nitrogens with zero attached hydrogens (tertiary/aromatic N) is 3. The van der Waals surface area contributed by atoms with Gasteiger partial charge >= 0.3 is 4.87 Å². The second-order valence-corrected chi connectivity index (χ2v) is 8.33. The third-order valence-corrected chi connectivity index (χ3v) is 6.59. The van der Waals surface area contributed by atoms with Crippen LogP contribution in [0, 0.1) is 0 Å². The highest BCUT2D eigenvalue weighted by Crippen LogP contribution is 2.28. The maximum atomic E-state index is 11.8. The van der Waals surface area contributed by atoms with E-state index in [1.54, 1.807) is 11.7 Å². The molecule has 7 heteroatoms. The van der Waals surface area contributed by atoms with Crippen molar-refractivity contribution in [1.82, 2.24) is 9.47 Å². The lowest BCUT2D eigenvalue weighted by atomic mass is 10.1. The molecule has 0 amide bonds. The Morgan fingerprint density at radius 1 is 1.07 bits per heavy atom. The van der Waals surface area contributed by atoms with E-state index in [1.165, 1.54) is 22.6 Å². The van der Waals surface area contributed by atoms with E-state index >= 15 is 0 Å². The average Bonchev–Trinajstić information content (AvgIpc) is 3.01. The summed E-state index contributed by atoms with van der Waals surface area (Å²) in [5.41, 5.74) is 3.55. The van der Waals surface area contributed by atoms with Gasteiger partial charge in [0.15, 0.2) is 0 Å². The first-order chi connectivity index (χ1) is 13.7. The molecule has 1 fully saturated rings. The minimum atomic E-state index is 0. The van der Waals surface area contributed by atoms with Crippen LogP contribution in [0.1, 0.15) is 12.0 Å². The van der Waals surface area contributed by atoms with Crippen LogP contribution >= 0.6 is 23.7 Å². The Balaban J connectivity index is 0.00000240. The molecule has 5 nitrogen and oxygen atoms in total. The van der Waals surface area contributed by atoms with Crippen molar-refractivity contribution in [2.45, 2.75) is 12.8 Å². The van der Waals surface area contributed by atoms with Gasteiger partial charge in [0.25, 0.3) is 0 Å². The Hall–Kier alpha value is -2.02. The highest BCUT2D eigenvalue weighted by molar-refractivity contribution is 7.16. The maximum Gasteiger partial charge on any atom is 0.307 e. The molecule has 1 aromatic heterocycles. The first-order valence-corrected chi connectivity index (χ1v) is 10.7. The van der Waals surface area contributed by atoms with E-state index in [2.05, 4.69) is 40.1 Å². The summed E-state index contributed by atoms with van der Waals surface area (Å²) in [4.78, 5) is 16.9. The number of hydrogen-bond acceptors (Lipinski definition) is 5. The third kappa shape index (κ3) is 4.77. The van der Waals surface area contributed by atoms with Gasteiger partial charge < -0.3 is 14.2 Å². The van der Waals surface area contributed by atoms with Crippen LogP contribution in [0.4, 0.5) is 5.69 Å². The fourth-order valence-corrected chi connectivity index (χ4v) is 4.89. The minimum Gasteiger partial charge on any atom is -0.495 e. The lowest BCUT2D eigenvalue weighted by Crippen LogP contribution is -2.46. The molecule has 0 aliphatic carbocycles. The smallest absolute Gasteiger partial charge is 0.307 e. The molecule has 2 aromatic carbocycles. The molecular formula is C22H28ClN3O2S. The fraction of sp³-hybridized carbons (Fsp3) is 0.409. The van der Waals surface area contributed by atoms with E-state index in [-0.39, 0.29) is 17.3 Å². The lowest BCUT2D eigenvalue weighted by Gasteiger charge is -2.36. The maximum absolute atomic E-state index is 11.8. The van der Waals surface area contributed by atoms with Crippen molar-refractivity contribution in [3.05, 3.63) is 57.7 Å². The third-order valence-electron chi connectivity index (χ3n) is 5.59. The van der Waals surface area contributed by atoms with Crippen molar-refractivity contribution in [3.63, 3.8) is 0 Å². The number of thiazole rings is 1. The van der Waals surface area contributed by atoms with Crippen molar-refractivity contribution in [1.29, 1.82) is 0 Å². The van der Waals surface area contributed by atoms with E-state index in [1.807, 2.05) is 19.2 Å². The Bertz CT molecular complexity index is 1010. The molecule has 2 heterocycles. The number of anilines is 1. The average molecular weight is 434 g/mol. The molecule has 1 aliphatic rings. The molecule has 0 atom stereocenters. The van der Waals surface area contributed by atoms with E-state index in [0.717, 1.165) is 61.5 Å². The number of hydrogen-bond donors (Lipinski definition) is 0. The molecule has 3 aromatic rings. The predicted octanol–water partition coefficient (Wildman–Crippen LogP) is 3.79. The summed E-state index contributed by atoms with van der Waals surface area (Å²) in [5.74, 6) is 0.953. The predicted molar refractivity (Wildman–Crippen MR) is 124 cm³/mol. The summed E-state index contributed by atoms with van der Waals surface area (Å²) in [6.07, 6.45) is 2.19. The number of piperazine rings is 1. The van der Waals surface area contributed by atoms with Crippen LogP contribution in [0.25, 0.3) is 10.2 Å². The zero-order valence-corrected chi connectivity index (χ0v) is 18.6. The monoisotopic (exact) mass is 433 g/mol. The van der Waals surface area contributed by atoms with Crippen LogP contribution in [0.2, 0.25) is 0 Å². The molecule has 0 spiro atoms. The second kappa shape index (κ2) is 9.65. The summed E-state index contributed by atoms with van der Waals surface area (Å²) in [6, 6.07) is 14.7. The van der Waals surface area contributed by atoms with Gasteiger partial charge in [-0.25, -0.2) is 0 Å². The highest BCUT2D eigenvalue weighted by Gasteiger charge is 2.19. The number of benzene rings is 2. The van der Waals surface area contributed by atoms with Gasteiger partial charge in [-0.1, -0.05) is 29.5 Å². The van der Waals surface area contributed by atoms with Gasteiger partial charge in [0.2, 0.25) is 0 Å². The number of fused-ring (bicyclic) bond motifs is 1. The van der Waals surface area contributed by atoms with Crippen molar-refractivity contribution >= 4 is 39.6 Å². The van der Waals surface area contributed by atoms with E-state index in [4.69, 9.17) is 4.74 Å². The molecule has 0 radical (unpaired) electrons. The van der Waals surface area contributed by atoms with Crippen molar-refractivity contribution in [2.75, 3.05) is 44.7 Å². The Kier molecular flexibility index (Phi) is 7.22. The summed E-state index contributed by atoms with van der Waals surface area (Å²) < 4.78 is 8.32. The molecule has 1 aliphatic heterocycles. The molecule has 0 N–H and O–H groups in total. The van der Waals surface area contributed by atoms with Crippen molar-refractivity contribution < 1.29 is 4.74 Å². The number of para-hydroxylation sites is 2. The SMILES string of the molecule is COc1ccccc1N1CCN(CCCc2ccc3c(c2)sc(=O)n3C)CC1.Cl. The fourth-order valence-electron chi connectivity index (χ4n) is 3.94. The van der Waals surface area contributed by atoms with Crippen LogP contribution in [0.15, 0.2) is 47.3 Å². The number of rotatable bonds is 6. The highest BCUT2D eigenvalue weighted by atomic mass is 35.5. The second-order valence-electron chi connectivity index (χ2n) is 7.33. The van der Waals surface area contributed by atoms with Crippen molar-refractivity contribution in [2.24, 2.45) is 7.05 Å². The lowest BCUT2D eigenvalue weighted by molar-refractivity contribution is 0.254. The quantitative estimate of drug-likeness (QED) is 0.592. The normalized spacial score (nSPS) is 14.8. The number of methoxy groups -OCH3 is 1. The zero-order valence-electron chi connectivity index (χ0n) is 17.0. The van der Waals surface area contributed by atoms with Crippen molar-refractivity contribution in [3.8, 4) is 5.75 Å². The van der Waals surface area contributed by atoms with Gasteiger partial charge in [-0.3, -0.25) is 9.69 Å². The van der Waals surface area contributed by atoms with Crippen LogP contribution in [-0.2, 0) is 13.5 Å². The van der Waals surface area contributed by atoms with E-state index in [9.17, 15) is 4.79 Å². The zero-order chi connectivity index (χ0) is 19.5. The molecule has 4 rings (SSSR count). The molecule has 156 valence electrons. The molecule has 1 saturated heterocycles. The van der Waals surface area contributed by atoms with Crippen LogP contribution < -0.4 is 14.5 Å².